The summed E-state index contributed by atoms with van der Waals surface area (Å²) in [5.74, 6) is -4.02. The third kappa shape index (κ3) is 2.01. The van der Waals surface area contributed by atoms with Crippen LogP contribution in [0.5, 0.6) is 0 Å². The molecule has 0 saturated heterocycles. The zero-order valence-electron chi connectivity index (χ0n) is 9.96. The lowest BCUT2D eigenvalue weighted by molar-refractivity contribution is -0.159. The molecule has 0 saturated carbocycles. The number of carboxylic acids is 2. The van der Waals surface area contributed by atoms with E-state index in [9.17, 15) is 9.59 Å². The summed E-state index contributed by atoms with van der Waals surface area (Å²) >= 11 is 0. The minimum absolute atomic E-state index is 0.420. The van der Waals surface area contributed by atoms with Gasteiger partial charge >= 0.3 is 11.9 Å². The Hall–Kier alpha value is -2.10. The third-order valence-electron chi connectivity index (χ3n) is 3.42. The number of benzene rings is 1. The summed E-state index contributed by atoms with van der Waals surface area (Å²) in [6.07, 6.45) is 3.92. The average Bonchev–Trinajstić information content (AvgIpc) is 2.27. The number of carboxylic acid groups (broad SMARTS) is 2. The molecular formula is C14H14O4. The van der Waals surface area contributed by atoms with Gasteiger partial charge < -0.3 is 10.2 Å². The van der Waals surface area contributed by atoms with Crippen molar-refractivity contribution in [1.29, 1.82) is 0 Å². The highest BCUT2D eigenvalue weighted by atomic mass is 16.4. The van der Waals surface area contributed by atoms with E-state index in [2.05, 4.69) is 0 Å². The molecule has 1 aromatic carbocycles. The second-order valence-electron chi connectivity index (χ2n) is 4.82. The van der Waals surface area contributed by atoms with E-state index in [0.717, 1.165) is 11.1 Å². The minimum Gasteiger partial charge on any atom is -0.481 e. The molecule has 0 heterocycles. The van der Waals surface area contributed by atoms with Gasteiger partial charge in [-0.1, -0.05) is 43.3 Å². The zero-order chi connectivity index (χ0) is 13.3. The molecule has 0 aliphatic heterocycles. The number of hydrogen-bond donors (Lipinski definition) is 2. The molecule has 1 aromatic rings. The fourth-order valence-corrected chi connectivity index (χ4v) is 2.48. The minimum atomic E-state index is -1.43. The van der Waals surface area contributed by atoms with Crippen LogP contribution in [0.4, 0.5) is 0 Å². The standard InChI is InChI=1S/C14H14O4/c1-14(11(12(15)16)13(17)18)7-6-9-4-2-3-5-10(9)8-14/h2-7,11H,8H2,1H3,(H,15,16)(H,17,18). The summed E-state index contributed by atoms with van der Waals surface area (Å²) in [5, 5.41) is 18.2. The molecule has 2 N–H and O–H groups in total. The summed E-state index contributed by atoms with van der Waals surface area (Å²) < 4.78 is 0. The smallest absolute Gasteiger partial charge is 0.318 e. The molecule has 1 aliphatic rings. The first-order chi connectivity index (χ1) is 8.44. The van der Waals surface area contributed by atoms with Crippen molar-refractivity contribution in [2.75, 3.05) is 0 Å². The van der Waals surface area contributed by atoms with Crippen LogP contribution in [0, 0.1) is 11.3 Å². The van der Waals surface area contributed by atoms with Crippen molar-refractivity contribution in [3.05, 3.63) is 41.5 Å². The first kappa shape index (κ1) is 12.4. The monoisotopic (exact) mass is 246 g/mol. The van der Waals surface area contributed by atoms with E-state index in [-0.39, 0.29) is 0 Å². The predicted molar refractivity (Wildman–Crippen MR) is 66.0 cm³/mol. The molecule has 94 valence electrons. The van der Waals surface area contributed by atoms with Crippen LogP contribution in [-0.4, -0.2) is 22.2 Å². The van der Waals surface area contributed by atoms with Crippen molar-refractivity contribution < 1.29 is 19.8 Å². The number of hydrogen-bond acceptors (Lipinski definition) is 2. The van der Waals surface area contributed by atoms with E-state index in [1.165, 1.54) is 0 Å². The first-order valence-electron chi connectivity index (χ1n) is 5.67. The van der Waals surface area contributed by atoms with E-state index < -0.39 is 23.3 Å². The third-order valence-corrected chi connectivity index (χ3v) is 3.42. The van der Waals surface area contributed by atoms with Crippen molar-refractivity contribution in [2.24, 2.45) is 11.3 Å². The highest BCUT2D eigenvalue weighted by Crippen LogP contribution is 2.38. The van der Waals surface area contributed by atoms with Gasteiger partial charge in [0.05, 0.1) is 0 Å². The second kappa shape index (κ2) is 4.29. The van der Waals surface area contributed by atoms with Crippen molar-refractivity contribution in [3.8, 4) is 0 Å². The molecule has 4 nitrogen and oxygen atoms in total. The van der Waals surface area contributed by atoms with Gasteiger partial charge in [0.15, 0.2) is 5.92 Å². The Bertz CT molecular complexity index is 518. The Morgan fingerprint density at radius 2 is 1.83 bits per heavy atom. The van der Waals surface area contributed by atoms with E-state index in [4.69, 9.17) is 10.2 Å². The summed E-state index contributed by atoms with van der Waals surface area (Å²) in [7, 11) is 0. The first-order valence-corrected chi connectivity index (χ1v) is 5.67. The van der Waals surface area contributed by atoms with Gasteiger partial charge in [0, 0.05) is 5.41 Å². The van der Waals surface area contributed by atoms with Gasteiger partial charge in [0.25, 0.3) is 0 Å². The number of carbonyl (C=O) groups is 2. The molecule has 1 atom stereocenters. The topological polar surface area (TPSA) is 74.6 Å². The average molecular weight is 246 g/mol. The van der Waals surface area contributed by atoms with Crippen LogP contribution in [0.1, 0.15) is 18.1 Å². The largest absolute Gasteiger partial charge is 0.481 e. The second-order valence-corrected chi connectivity index (χ2v) is 4.82. The van der Waals surface area contributed by atoms with Crippen LogP contribution in [0.25, 0.3) is 6.08 Å². The maximum absolute atomic E-state index is 11.1. The quantitative estimate of drug-likeness (QED) is 0.800. The Kier molecular flexibility index (Phi) is 2.95. The highest BCUT2D eigenvalue weighted by Gasteiger charge is 2.44. The molecule has 0 bridgehead atoms. The Morgan fingerprint density at radius 1 is 1.22 bits per heavy atom. The lowest BCUT2D eigenvalue weighted by Gasteiger charge is -2.33. The predicted octanol–water partition coefficient (Wildman–Crippen LogP) is 2.05. The lowest BCUT2D eigenvalue weighted by Crippen LogP contribution is -2.40. The zero-order valence-corrected chi connectivity index (χ0v) is 9.96. The van der Waals surface area contributed by atoms with Gasteiger partial charge in [0.1, 0.15) is 0 Å². The molecule has 0 aromatic heterocycles. The van der Waals surface area contributed by atoms with Crippen molar-refractivity contribution >= 4 is 18.0 Å². The Balaban J connectivity index is 2.41. The van der Waals surface area contributed by atoms with Crippen LogP contribution < -0.4 is 0 Å². The molecule has 0 spiro atoms. The fourth-order valence-electron chi connectivity index (χ4n) is 2.48. The SMILES string of the molecule is CC1(C(C(=O)O)C(=O)O)C=Cc2ccccc2C1. The van der Waals surface area contributed by atoms with E-state index >= 15 is 0 Å². The van der Waals surface area contributed by atoms with Gasteiger partial charge in [-0.2, -0.15) is 0 Å². The molecule has 18 heavy (non-hydrogen) atoms. The summed E-state index contributed by atoms with van der Waals surface area (Å²) in [5.41, 5.74) is 1.10. The molecule has 1 aliphatic carbocycles. The van der Waals surface area contributed by atoms with Gasteiger partial charge in [-0.15, -0.1) is 0 Å². The summed E-state index contributed by atoms with van der Waals surface area (Å²) in [6.45, 7) is 1.67. The normalized spacial score (nSPS) is 21.7. The van der Waals surface area contributed by atoms with Crippen LogP contribution in [0.2, 0.25) is 0 Å². The van der Waals surface area contributed by atoms with E-state index in [1.54, 1.807) is 19.1 Å². The Labute approximate surface area is 105 Å². The van der Waals surface area contributed by atoms with E-state index in [0.29, 0.717) is 6.42 Å². The molecular weight excluding hydrogens is 232 g/mol. The molecule has 0 fully saturated rings. The Morgan fingerprint density at radius 3 is 2.44 bits per heavy atom. The summed E-state index contributed by atoms with van der Waals surface area (Å²) in [6, 6.07) is 7.60. The lowest BCUT2D eigenvalue weighted by atomic mass is 9.69. The number of allylic oxidation sites excluding steroid dienone is 1. The number of aliphatic carboxylic acids is 2. The van der Waals surface area contributed by atoms with Gasteiger partial charge in [-0.3, -0.25) is 9.59 Å². The van der Waals surface area contributed by atoms with Gasteiger partial charge in [-0.05, 0) is 17.5 Å². The molecule has 4 heteroatoms. The van der Waals surface area contributed by atoms with E-state index in [1.807, 2.05) is 24.3 Å². The maximum atomic E-state index is 11.1. The number of fused-ring (bicyclic) bond motifs is 1. The van der Waals surface area contributed by atoms with Crippen LogP contribution in [0.3, 0.4) is 0 Å². The fraction of sp³-hybridized carbons (Fsp3) is 0.286. The highest BCUT2D eigenvalue weighted by molar-refractivity contribution is 5.94. The van der Waals surface area contributed by atoms with Crippen molar-refractivity contribution in [2.45, 2.75) is 13.3 Å². The van der Waals surface area contributed by atoms with Gasteiger partial charge in [-0.25, -0.2) is 0 Å². The van der Waals surface area contributed by atoms with Crippen molar-refractivity contribution in [1.82, 2.24) is 0 Å². The molecule has 0 amide bonds. The van der Waals surface area contributed by atoms with Crippen LogP contribution in [0.15, 0.2) is 30.3 Å². The molecule has 0 radical (unpaired) electrons. The maximum Gasteiger partial charge on any atom is 0.318 e. The number of rotatable bonds is 3. The summed E-state index contributed by atoms with van der Waals surface area (Å²) in [4.78, 5) is 22.3. The van der Waals surface area contributed by atoms with Crippen LogP contribution in [-0.2, 0) is 16.0 Å². The van der Waals surface area contributed by atoms with Crippen molar-refractivity contribution in [3.63, 3.8) is 0 Å². The van der Waals surface area contributed by atoms with Crippen LogP contribution >= 0.6 is 0 Å². The molecule has 2 rings (SSSR count). The van der Waals surface area contributed by atoms with Gasteiger partial charge in [0.2, 0.25) is 0 Å². The molecule has 1 unspecified atom stereocenters.